The molecule has 4 aromatic carbocycles. The SMILES string of the molecule is COc1ccc2c(c1)sc1c(Cl)[nH]c3ccc4c(-c5ccccc5)c(-c5ccccc5)nc4c3c12. The number of thiophene rings is 1. The lowest BCUT2D eigenvalue weighted by Gasteiger charge is -2.07. The summed E-state index contributed by atoms with van der Waals surface area (Å²) in [7, 11) is 1.69. The van der Waals surface area contributed by atoms with Gasteiger partial charge in [-0.2, -0.15) is 0 Å². The summed E-state index contributed by atoms with van der Waals surface area (Å²) in [5.41, 5.74) is 6.35. The first-order chi connectivity index (χ1) is 17.2. The van der Waals surface area contributed by atoms with Gasteiger partial charge in [-0.15, -0.1) is 11.3 Å². The van der Waals surface area contributed by atoms with Crippen LogP contribution in [0.4, 0.5) is 0 Å². The number of halogens is 1. The van der Waals surface area contributed by atoms with Crippen LogP contribution >= 0.6 is 22.9 Å². The average Bonchev–Trinajstić information content (AvgIpc) is 3.49. The minimum Gasteiger partial charge on any atom is -0.497 e. The van der Waals surface area contributed by atoms with Crippen LogP contribution in [0.25, 0.3) is 64.4 Å². The van der Waals surface area contributed by atoms with Gasteiger partial charge in [0.25, 0.3) is 0 Å². The van der Waals surface area contributed by atoms with Crippen LogP contribution in [0, 0.1) is 0 Å². The van der Waals surface area contributed by atoms with Crippen LogP contribution in [0.2, 0.25) is 5.15 Å². The zero-order valence-corrected chi connectivity index (χ0v) is 20.4. The lowest BCUT2D eigenvalue weighted by atomic mass is 9.97. The van der Waals surface area contributed by atoms with Gasteiger partial charge in [-0.3, -0.25) is 0 Å². The second-order valence-electron chi connectivity index (χ2n) is 8.56. The van der Waals surface area contributed by atoms with Crippen molar-refractivity contribution in [3.05, 3.63) is 96.1 Å². The van der Waals surface area contributed by atoms with Crippen molar-refractivity contribution in [3.8, 4) is 28.1 Å². The molecule has 0 aliphatic heterocycles. The first-order valence-electron chi connectivity index (χ1n) is 11.4. The van der Waals surface area contributed by atoms with Crippen molar-refractivity contribution in [3.63, 3.8) is 0 Å². The van der Waals surface area contributed by atoms with E-state index < -0.39 is 0 Å². The van der Waals surface area contributed by atoms with Crippen LogP contribution in [-0.4, -0.2) is 17.1 Å². The van der Waals surface area contributed by atoms with Crippen molar-refractivity contribution in [2.75, 3.05) is 7.11 Å². The Morgan fingerprint density at radius 3 is 2.26 bits per heavy atom. The lowest BCUT2D eigenvalue weighted by Crippen LogP contribution is -1.84. The van der Waals surface area contributed by atoms with Crippen LogP contribution in [0.1, 0.15) is 0 Å². The first kappa shape index (κ1) is 20.5. The van der Waals surface area contributed by atoms with E-state index in [-0.39, 0.29) is 0 Å². The van der Waals surface area contributed by atoms with Crippen molar-refractivity contribution in [2.24, 2.45) is 0 Å². The largest absolute Gasteiger partial charge is 0.497 e. The number of H-pyrrole nitrogens is 1. The molecule has 7 aromatic rings. The van der Waals surface area contributed by atoms with Gasteiger partial charge >= 0.3 is 0 Å². The number of aromatic nitrogens is 2. The molecule has 0 saturated carbocycles. The van der Waals surface area contributed by atoms with Crippen molar-refractivity contribution in [1.29, 1.82) is 0 Å². The van der Waals surface area contributed by atoms with E-state index in [1.165, 1.54) is 0 Å². The monoisotopic (exact) mass is 490 g/mol. The van der Waals surface area contributed by atoms with E-state index in [0.717, 1.165) is 70.1 Å². The molecule has 0 aliphatic rings. The smallest absolute Gasteiger partial charge is 0.124 e. The van der Waals surface area contributed by atoms with Gasteiger partial charge in [-0.05, 0) is 35.9 Å². The number of benzene rings is 4. The predicted molar refractivity (Wildman–Crippen MR) is 149 cm³/mol. The molecule has 0 saturated heterocycles. The van der Waals surface area contributed by atoms with E-state index in [9.17, 15) is 0 Å². The summed E-state index contributed by atoms with van der Waals surface area (Å²) in [6, 6.07) is 31.4. The number of methoxy groups -OCH3 is 1. The fourth-order valence-corrected chi connectivity index (χ4v) is 6.49. The highest BCUT2D eigenvalue weighted by Crippen LogP contribution is 2.47. The Hall–Kier alpha value is -3.86. The summed E-state index contributed by atoms with van der Waals surface area (Å²) < 4.78 is 7.64. The number of nitrogens with zero attached hydrogens (tertiary/aromatic N) is 1. The molecule has 7 rings (SSSR count). The van der Waals surface area contributed by atoms with Gasteiger partial charge in [-0.25, -0.2) is 4.98 Å². The van der Waals surface area contributed by atoms with Crippen molar-refractivity contribution < 1.29 is 4.74 Å². The Bertz CT molecular complexity index is 1890. The molecule has 1 N–H and O–H groups in total. The first-order valence-corrected chi connectivity index (χ1v) is 12.6. The molecule has 3 heterocycles. The van der Waals surface area contributed by atoms with Crippen molar-refractivity contribution in [2.45, 2.75) is 0 Å². The maximum atomic E-state index is 6.76. The minimum atomic E-state index is 0.644. The van der Waals surface area contributed by atoms with Gasteiger partial charge in [0.1, 0.15) is 10.9 Å². The van der Waals surface area contributed by atoms with Gasteiger partial charge in [0.2, 0.25) is 0 Å². The van der Waals surface area contributed by atoms with Crippen molar-refractivity contribution in [1.82, 2.24) is 9.97 Å². The predicted octanol–water partition coefficient (Wildman–Crippen LogP) is 9.08. The Morgan fingerprint density at radius 1 is 0.800 bits per heavy atom. The number of pyridine rings is 1. The number of rotatable bonds is 3. The standard InChI is InChI=1S/C30H19ClN2OS/c1-34-19-12-13-20-23(16-19)35-29-25(20)26-22(32-30(29)31)15-14-21-24(17-8-4-2-5-9-17)27(33-28(21)26)18-10-6-3-7-11-18/h2-16,32H,1H3. The van der Waals surface area contributed by atoms with Crippen LogP contribution in [-0.2, 0) is 0 Å². The Labute approximate surface area is 210 Å². The summed E-state index contributed by atoms with van der Waals surface area (Å²) >= 11 is 8.44. The topological polar surface area (TPSA) is 37.9 Å². The van der Waals surface area contributed by atoms with Crippen LogP contribution in [0.5, 0.6) is 5.75 Å². The van der Waals surface area contributed by atoms with E-state index in [0.29, 0.717) is 5.15 Å². The Morgan fingerprint density at radius 2 is 1.51 bits per heavy atom. The number of nitrogens with one attached hydrogen (secondary N) is 1. The molecule has 35 heavy (non-hydrogen) atoms. The summed E-state index contributed by atoms with van der Waals surface area (Å²) in [6.07, 6.45) is 0. The Kier molecular flexibility index (Phi) is 4.59. The van der Waals surface area contributed by atoms with Gasteiger partial charge in [0.15, 0.2) is 0 Å². The second kappa shape index (κ2) is 7.84. The van der Waals surface area contributed by atoms with Crippen LogP contribution < -0.4 is 4.74 Å². The quantitative estimate of drug-likeness (QED) is 0.251. The number of hydrogen-bond acceptors (Lipinski definition) is 3. The molecule has 5 heteroatoms. The van der Waals surface area contributed by atoms with Crippen LogP contribution in [0.3, 0.4) is 0 Å². The molecule has 168 valence electrons. The average molecular weight is 491 g/mol. The lowest BCUT2D eigenvalue weighted by molar-refractivity contribution is 0.415. The molecule has 3 nitrogen and oxygen atoms in total. The third-order valence-electron chi connectivity index (χ3n) is 6.61. The number of aromatic amines is 1. The maximum absolute atomic E-state index is 6.76. The number of hydrogen-bond donors (Lipinski definition) is 1. The summed E-state index contributed by atoms with van der Waals surface area (Å²) in [5, 5.41) is 5.16. The fraction of sp³-hybridized carbons (Fsp3) is 0.0333. The van der Waals surface area contributed by atoms with E-state index in [1.54, 1.807) is 18.4 Å². The summed E-state index contributed by atoms with van der Waals surface area (Å²) in [6.45, 7) is 0. The zero-order valence-electron chi connectivity index (χ0n) is 18.8. The van der Waals surface area contributed by atoms with E-state index >= 15 is 0 Å². The molecule has 0 aliphatic carbocycles. The molecule has 0 radical (unpaired) electrons. The summed E-state index contributed by atoms with van der Waals surface area (Å²) in [4.78, 5) is 8.73. The number of ether oxygens (including phenoxy) is 1. The molecule has 0 bridgehead atoms. The number of fused-ring (bicyclic) bond motifs is 7. The van der Waals surface area contributed by atoms with E-state index in [2.05, 4.69) is 77.8 Å². The highest BCUT2D eigenvalue weighted by Gasteiger charge is 2.21. The third-order valence-corrected chi connectivity index (χ3v) is 8.17. The van der Waals surface area contributed by atoms with Gasteiger partial charge < -0.3 is 9.72 Å². The molecular formula is C30H19ClN2OS. The summed E-state index contributed by atoms with van der Waals surface area (Å²) in [5.74, 6) is 0.836. The zero-order chi connectivity index (χ0) is 23.5. The third kappa shape index (κ3) is 3.07. The molecule has 0 amide bonds. The molecule has 0 fully saturated rings. The maximum Gasteiger partial charge on any atom is 0.124 e. The van der Waals surface area contributed by atoms with Crippen molar-refractivity contribution >= 4 is 64.9 Å². The molecular weight excluding hydrogens is 472 g/mol. The van der Waals surface area contributed by atoms with Gasteiger partial charge in [0.05, 0.1) is 23.0 Å². The minimum absolute atomic E-state index is 0.644. The van der Waals surface area contributed by atoms with Gasteiger partial charge in [-0.1, -0.05) is 72.3 Å². The van der Waals surface area contributed by atoms with E-state index in [4.69, 9.17) is 21.3 Å². The van der Waals surface area contributed by atoms with E-state index in [1.807, 2.05) is 18.2 Å². The van der Waals surface area contributed by atoms with Crippen LogP contribution in [0.15, 0.2) is 91.0 Å². The molecule has 0 unspecified atom stereocenters. The normalized spacial score (nSPS) is 11.7. The fourth-order valence-electron chi connectivity index (χ4n) is 5.05. The van der Waals surface area contributed by atoms with Gasteiger partial charge in [0, 0.05) is 42.9 Å². The molecule has 0 spiro atoms. The second-order valence-corrected chi connectivity index (χ2v) is 9.99. The highest BCUT2D eigenvalue weighted by molar-refractivity contribution is 7.26. The highest BCUT2D eigenvalue weighted by atomic mass is 35.5. The molecule has 0 atom stereocenters. The molecule has 3 aromatic heterocycles. The Balaban J connectivity index is 1.68.